The summed E-state index contributed by atoms with van der Waals surface area (Å²) in [5.74, 6) is -0.738. The minimum atomic E-state index is -1.11. The van der Waals surface area contributed by atoms with E-state index in [1.807, 2.05) is 6.07 Å². The number of nitriles is 1. The molecule has 1 aromatic heterocycles. The van der Waals surface area contributed by atoms with E-state index in [1.54, 1.807) is 24.3 Å². The Morgan fingerprint density at radius 2 is 1.96 bits per heavy atom. The molecule has 1 unspecified atom stereocenters. The van der Waals surface area contributed by atoms with Crippen molar-refractivity contribution in [1.29, 1.82) is 5.26 Å². The number of thiophene rings is 1. The maximum absolute atomic E-state index is 12.8. The molecule has 0 radical (unpaired) electrons. The zero-order valence-electron chi connectivity index (χ0n) is 12.3. The van der Waals surface area contributed by atoms with E-state index in [2.05, 4.69) is 6.07 Å². The molecule has 5 nitrogen and oxygen atoms in total. The molecule has 0 fully saturated rings. The lowest BCUT2D eigenvalue weighted by Gasteiger charge is -2.29. The molecular formula is C17H15N3O2S. The number of carbonyl (C=O) groups excluding carboxylic acids is 2. The number of primary amides is 1. The highest BCUT2D eigenvalue weighted by Crippen LogP contribution is 2.44. The van der Waals surface area contributed by atoms with Crippen LogP contribution in [0.25, 0.3) is 0 Å². The second-order valence-corrected chi connectivity index (χ2v) is 6.81. The van der Waals surface area contributed by atoms with E-state index in [0.29, 0.717) is 29.0 Å². The minimum absolute atomic E-state index is 0.182. The van der Waals surface area contributed by atoms with E-state index in [4.69, 9.17) is 11.5 Å². The number of hydrogen-bond donors (Lipinski definition) is 2. The minimum Gasteiger partial charge on any atom is -0.390 e. The molecule has 0 saturated heterocycles. The van der Waals surface area contributed by atoms with Gasteiger partial charge in [0.1, 0.15) is 5.41 Å². The van der Waals surface area contributed by atoms with Crippen molar-refractivity contribution >= 4 is 28.0 Å². The summed E-state index contributed by atoms with van der Waals surface area (Å²) in [5.41, 5.74) is 11.8. The standard InChI is InChI=1S/C17H15N3O2S/c18-9-17(14(21)10-4-2-1-3-5-10)7-6-11-12(8-17)23-16(20)13(11)15(19)22/h1-5H,6-8,20H2,(H2,19,22). The summed E-state index contributed by atoms with van der Waals surface area (Å²) in [7, 11) is 0. The Bertz CT molecular complexity index is 836. The lowest BCUT2D eigenvalue weighted by molar-refractivity contribution is 0.0843. The topological polar surface area (TPSA) is 110 Å². The van der Waals surface area contributed by atoms with Gasteiger partial charge in [-0.05, 0) is 18.4 Å². The van der Waals surface area contributed by atoms with Gasteiger partial charge in [0.25, 0.3) is 5.91 Å². The molecule has 4 N–H and O–H groups in total. The van der Waals surface area contributed by atoms with Crippen molar-refractivity contribution in [2.24, 2.45) is 11.1 Å². The molecular weight excluding hydrogens is 310 g/mol. The normalized spacial score (nSPS) is 19.6. The predicted octanol–water partition coefficient (Wildman–Crippen LogP) is 2.31. The van der Waals surface area contributed by atoms with Crippen LogP contribution in [0.1, 0.15) is 37.6 Å². The quantitative estimate of drug-likeness (QED) is 0.844. The fourth-order valence-electron chi connectivity index (χ4n) is 3.12. The number of carbonyl (C=O) groups is 2. The summed E-state index contributed by atoms with van der Waals surface area (Å²) in [6.07, 6.45) is 1.09. The molecule has 3 rings (SSSR count). The second kappa shape index (κ2) is 5.52. The van der Waals surface area contributed by atoms with Crippen LogP contribution in [0, 0.1) is 16.7 Å². The van der Waals surface area contributed by atoms with Crippen molar-refractivity contribution in [1.82, 2.24) is 0 Å². The van der Waals surface area contributed by atoms with E-state index in [0.717, 1.165) is 10.4 Å². The molecule has 6 heteroatoms. The molecule has 2 aromatic rings. The monoisotopic (exact) mass is 325 g/mol. The van der Waals surface area contributed by atoms with Crippen molar-refractivity contribution in [3.8, 4) is 6.07 Å². The number of nitrogens with two attached hydrogens (primary N) is 2. The Hall–Kier alpha value is -2.65. The first-order valence-electron chi connectivity index (χ1n) is 7.19. The zero-order chi connectivity index (χ0) is 16.6. The van der Waals surface area contributed by atoms with Crippen LogP contribution in [-0.4, -0.2) is 11.7 Å². The number of anilines is 1. The molecule has 0 saturated carbocycles. The second-order valence-electron chi connectivity index (χ2n) is 5.67. The average molecular weight is 325 g/mol. The Kier molecular flexibility index (Phi) is 3.66. The smallest absolute Gasteiger partial charge is 0.251 e. The predicted molar refractivity (Wildman–Crippen MR) is 88.1 cm³/mol. The fraction of sp³-hybridized carbons (Fsp3) is 0.235. The van der Waals surface area contributed by atoms with Gasteiger partial charge in [0.15, 0.2) is 5.78 Å². The van der Waals surface area contributed by atoms with Gasteiger partial charge in [0, 0.05) is 16.9 Å². The van der Waals surface area contributed by atoms with Crippen LogP contribution < -0.4 is 11.5 Å². The van der Waals surface area contributed by atoms with Gasteiger partial charge < -0.3 is 11.5 Å². The van der Waals surface area contributed by atoms with Crippen LogP contribution in [0.2, 0.25) is 0 Å². The summed E-state index contributed by atoms with van der Waals surface area (Å²) < 4.78 is 0. The maximum atomic E-state index is 12.8. The molecule has 0 spiro atoms. The van der Waals surface area contributed by atoms with Gasteiger partial charge in [-0.1, -0.05) is 30.3 Å². The maximum Gasteiger partial charge on any atom is 0.251 e. The van der Waals surface area contributed by atoms with E-state index >= 15 is 0 Å². The summed E-state index contributed by atoms with van der Waals surface area (Å²) in [5, 5.41) is 10.1. The van der Waals surface area contributed by atoms with Gasteiger partial charge in [-0.3, -0.25) is 9.59 Å². The van der Waals surface area contributed by atoms with Crippen molar-refractivity contribution < 1.29 is 9.59 Å². The molecule has 1 heterocycles. The van der Waals surface area contributed by atoms with Gasteiger partial charge >= 0.3 is 0 Å². The highest BCUT2D eigenvalue weighted by atomic mass is 32.1. The van der Waals surface area contributed by atoms with E-state index in [9.17, 15) is 14.9 Å². The lowest BCUT2D eigenvalue weighted by Crippen LogP contribution is -2.35. The molecule has 1 aliphatic carbocycles. The average Bonchev–Trinajstić information content (AvgIpc) is 2.89. The Morgan fingerprint density at radius 3 is 2.57 bits per heavy atom. The number of nitrogens with zero attached hydrogens (tertiary/aromatic N) is 1. The van der Waals surface area contributed by atoms with Crippen LogP contribution in [-0.2, 0) is 12.8 Å². The largest absolute Gasteiger partial charge is 0.390 e. The first kappa shape index (κ1) is 15.3. The Morgan fingerprint density at radius 1 is 1.26 bits per heavy atom. The van der Waals surface area contributed by atoms with E-state index in [1.165, 1.54) is 11.3 Å². The number of Topliss-reactive ketones (excluding diaryl/α,β-unsaturated/α-hetero) is 1. The van der Waals surface area contributed by atoms with Crippen LogP contribution in [0.15, 0.2) is 30.3 Å². The molecule has 23 heavy (non-hydrogen) atoms. The Labute approximate surface area is 137 Å². The zero-order valence-corrected chi connectivity index (χ0v) is 13.2. The number of ketones is 1. The number of benzene rings is 1. The van der Waals surface area contributed by atoms with Crippen LogP contribution >= 0.6 is 11.3 Å². The van der Waals surface area contributed by atoms with E-state index < -0.39 is 11.3 Å². The Balaban J connectivity index is 2.02. The highest BCUT2D eigenvalue weighted by Gasteiger charge is 2.44. The summed E-state index contributed by atoms with van der Waals surface area (Å²) in [4.78, 5) is 25.2. The van der Waals surface area contributed by atoms with Gasteiger partial charge in [0.05, 0.1) is 16.6 Å². The number of nitrogen functional groups attached to an aromatic ring is 1. The van der Waals surface area contributed by atoms with Crippen LogP contribution in [0.3, 0.4) is 0 Å². The number of hydrogen-bond acceptors (Lipinski definition) is 5. The van der Waals surface area contributed by atoms with Crippen LogP contribution in [0.4, 0.5) is 5.00 Å². The van der Waals surface area contributed by atoms with Gasteiger partial charge in [-0.2, -0.15) is 5.26 Å². The van der Waals surface area contributed by atoms with Gasteiger partial charge in [-0.25, -0.2) is 0 Å². The molecule has 0 aliphatic heterocycles. The number of amides is 1. The first-order chi connectivity index (χ1) is 11.0. The third-order valence-corrected chi connectivity index (χ3v) is 5.37. The van der Waals surface area contributed by atoms with Crippen molar-refractivity contribution in [3.63, 3.8) is 0 Å². The first-order valence-corrected chi connectivity index (χ1v) is 8.01. The van der Waals surface area contributed by atoms with E-state index in [-0.39, 0.29) is 12.2 Å². The molecule has 1 amide bonds. The van der Waals surface area contributed by atoms with Gasteiger partial charge in [0.2, 0.25) is 0 Å². The summed E-state index contributed by atoms with van der Waals surface area (Å²) in [6, 6.07) is 11.0. The summed E-state index contributed by atoms with van der Waals surface area (Å²) >= 11 is 1.25. The third kappa shape index (κ3) is 2.39. The molecule has 116 valence electrons. The fourth-order valence-corrected chi connectivity index (χ4v) is 4.35. The number of fused-ring (bicyclic) bond motifs is 1. The highest BCUT2D eigenvalue weighted by molar-refractivity contribution is 7.16. The number of rotatable bonds is 3. The molecule has 1 aliphatic rings. The SMILES string of the molecule is N#CC1(C(=O)c2ccccc2)CCc2c(sc(N)c2C(N)=O)C1. The molecule has 1 aromatic carbocycles. The van der Waals surface area contributed by atoms with Crippen LogP contribution in [0.5, 0.6) is 0 Å². The third-order valence-electron chi connectivity index (χ3n) is 4.31. The summed E-state index contributed by atoms with van der Waals surface area (Å²) in [6.45, 7) is 0. The van der Waals surface area contributed by atoms with Crippen molar-refractivity contribution in [3.05, 3.63) is 51.9 Å². The lowest BCUT2D eigenvalue weighted by atomic mass is 9.70. The van der Waals surface area contributed by atoms with Crippen molar-refractivity contribution in [2.75, 3.05) is 5.73 Å². The van der Waals surface area contributed by atoms with Gasteiger partial charge in [-0.15, -0.1) is 11.3 Å². The molecule has 0 bridgehead atoms. The van der Waals surface area contributed by atoms with Crippen molar-refractivity contribution in [2.45, 2.75) is 19.3 Å². The molecule has 1 atom stereocenters.